The summed E-state index contributed by atoms with van der Waals surface area (Å²) in [6.45, 7) is 0. The lowest BCUT2D eigenvalue weighted by molar-refractivity contribution is 1.18. The van der Waals surface area contributed by atoms with Crippen LogP contribution < -0.4 is 0 Å². The molecule has 3 aromatic heterocycles. The molecule has 0 fully saturated rings. The number of halogens is 2. The maximum Gasteiger partial charge on any atom is 0.0541 e. The molecular weight excluding hydrogens is 652 g/mol. The van der Waals surface area contributed by atoms with Gasteiger partial charge in [-0.15, -0.1) is 11.3 Å². The Labute approximate surface area is 256 Å². The molecule has 0 amide bonds. The molecule has 3 heterocycles. The lowest BCUT2D eigenvalue weighted by Gasteiger charge is -2.10. The van der Waals surface area contributed by atoms with Crippen LogP contribution in [0.4, 0.5) is 0 Å². The highest BCUT2D eigenvalue weighted by Gasteiger charge is 2.16. The monoisotopic (exact) mass is 670 g/mol. The second kappa shape index (κ2) is 8.80. The zero-order chi connectivity index (χ0) is 27.2. The quantitative estimate of drug-likeness (QED) is 0.173. The molecule has 0 aliphatic carbocycles. The SMILES string of the molecule is Brc1ccc2c(c1)c1ccccc1n2-c1ccc2sc3ccc(-n4c5ccccc5c5cc(Br)ccc54)cc3c2c1. The number of hydrogen-bond donors (Lipinski definition) is 0. The summed E-state index contributed by atoms with van der Waals surface area (Å²) in [7, 11) is 0. The third-order valence-electron chi connectivity index (χ3n) is 8.22. The number of benzene rings is 6. The second-order valence-electron chi connectivity index (χ2n) is 10.5. The second-order valence-corrected chi connectivity index (χ2v) is 13.4. The van der Waals surface area contributed by atoms with Crippen molar-refractivity contribution in [3.05, 3.63) is 130 Å². The average molecular weight is 672 g/mol. The molecule has 0 saturated heterocycles. The number of para-hydroxylation sites is 2. The minimum atomic E-state index is 1.09. The van der Waals surface area contributed by atoms with Crippen LogP contribution >= 0.6 is 43.2 Å². The Balaban J connectivity index is 1.31. The molecule has 5 heteroatoms. The Morgan fingerprint density at radius 1 is 0.390 bits per heavy atom. The van der Waals surface area contributed by atoms with Crippen LogP contribution in [0.15, 0.2) is 130 Å². The predicted octanol–water partition coefficient (Wildman–Crippen LogP) is 11.8. The fourth-order valence-corrected chi connectivity index (χ4v) is 8.27. The Morgan fingerprint density at radius 3 is 1.32 bits per heavy atom. The molecule has 41 heavy (non-hydrogen) atoms. The van der Waals surface area contributed by atoms with E-state index in [0.29, 0.717) is 0 Å². The first-order valence-electron chi connectivity index (χ1n) is 13.5. The van der Waals surface area contributed by atoms with Crippen LogP contribution in [0.3, 0.4) is 0 Å². The molecule has 0 unspecified atom stereocenters. The highest BCUT2D eigenvalue weighted by molar-refractivity contribution is 9.10. The first-order chi connectivity index (χ1) is 20.1. The summed E-state index contributed by atoms with van der Waals surface area (Å²) in [6, 6.07) is 44.4. The van der Waals surface area contributed by atoms with E-state index in [0.717, 1.165) is 8.95 Å². The van der Waals surface area contributed by atoms with Crippen molar-refractivity contribution in [2.45, 2.75) is 0 Å². The number of thiophene rings is 1. The van der Waals surface area contributed by atoms with Crippen molar-refractivity contribution in [3.8, 4) is 11.4 Å². The van der Waals surface area contributed by atoms with Crippen molar-refractivity contribution in [3.63, 3.8) is 0 Å². The van der Waals surface area contributed by atoms with Gasteiger partial charge in [0, 0.05) is 62.0 Å². The summed E-state index contributed by atoms with van der Waals surface area (Å²) in [6.07, 6.45) is 0. The minimum absolute atomic E-state index is 1.09. The van der Waals surface area contributed by atoms with E-state index < -0.39 is 0 Å². The molecule has 0 N–H and O–H groups in total. The largest absolute Gasteiger partial charge is 0.309 e. The van der Waals surface area contributed by atoms with Gasteiger partial charge in [0.2, 0.25) is 0 Å². The number of fused-ring (bicyclic) bond motifs is 9. The molecule has 0 atom stereocenters. The van der Waals surface area contributed by atoms with Gasteiger partial charge >= 0.3 is 0 Å². The molecule has 194 valence electrons. The van der Waals surface area contributed by atoms with Crippen LogP contribution in [0.2, 0.25) is 0 Å². The third-order valence-corrected chi connectivity index (χ3v) is 10.4. The normalized spacial score (nSPS) is 12.1. The van der Waals surface area contributed by atoms with Gasteiger partial charge in [0.15, 0.2) is 0 Å². The topological polar surface area (TPSA) is 9.86 Å². The maximum absolute atomic E-state index is 3.68. The van der Waals surface area contributed by atoms with Gasteiger partial charge < -0.3 is 9.13 Å². The number of nitrogens with zero attached hydrogens (tertiary/aromatic N) is 2. The summed E-state index contributed by atoms with van der Waals surface area (Å²) >= 11 is 9.23. The van der Waals surface area contributed by atoms with Crippen LogP contribution in [0.5, 0.6) is 0 Å². The zero-order valence-electron chi connectivity index (χ0n) is 21.6. The Bertz CT molecular complexity index is 2340. The summed E-state index contributed by atoms with van der Waals surface area (Å²) in [4.78, 5) is 0. The van der Waals surface area contributed by atoms with Crippen molar-refractivity contribution in [1.82, 2.24) is 9.13 Å². The Hall–Kier alpha value is -3.90. The standard InChI is InChI=1S/C36H20Br2N2S/c37-21-9-13-33-27(17-21)25-5-1-3-7-31(25)39(33)23-11-15-35-29(19-23)30-20-24(12-16-36(30)41-35)40-32-8-4-2-6-26(32)28-18-22(38)10-14-34(28)40/h1-20H. The van der Waals surface area contributed by atoms with Crippen molar-refractivity contribution in [2.24, 2.45) is 0 Å². The fourth-order valence-electron chi connectivity index (χ4n) is 6.48. The molecular formula is C36H20Br2N2S. The van der Waals surface area contributed by atoms with Crippen LogP contribution in [0, 0.1) is 0 Å². The first-order valence-corrected chi connectivity index (χ1v) is 15.9. The molecule has 0 spiro atoms. The van der Waals surface area contributed by atoms with E-state index in [1.807, 2.05) is 11.3 Å². The smallest absolute Gasteiger partial charge is 0.0541 e. The minimum Gasteiger partial charge on any atom is -0.309 e. The third kappa shape index (κ3) is 3.46. The summed E-state index contributed by atoms with van der Waals surface area (Å²) in [5, 5.41) is 7.61. The molecule has 0 aliphatic heterocycles. The zero-order valence-corrected chi connectivity index (χ0v) is 25.6. The highest BCUT2D eigenvalue weighted by atomic mass is 79.9. The van der Waals surface area contributed by atoms with E-state index in [1.165, 1.54) is 75.2 Å². The molecule has 9 rings (SSSR count). The lowest BCUT2D eigenvalue weighted by Crippen LogP contribution is -1.94. The predicted molar refractivity (Wildman–Crippen MR) is 183 cm³/mol. The van der Waals surface area contributed by atoms with E-state index in [9.17, 15) is 0 Å². The van der Waals surface area contributed by atoms with Gasteiger partial charge in [-0.3, -0.25) is 0 Å². The average Bonchev–Trinajstić information content (AvgIpc) is 3.64. The Morgan fingerprint density at radius 2 is 0.829 bits per heavy atom. The van der Waals surface area contributed by atoms with Gasteiger partial charge in [-0.25, -0.2) is 0 Å². The number of aromatic nitrogens is 2. The van der Waals surface area contributed by atoms with Crippen molar-refractivity contribution in [2.75, 3.05) is 0 Å². The molecule has 0 radical (unpaired) electrons. The first kappa shape index (κ1) is 23.8. The summed E-state index contributed by atoms with van der Waals surface area (Å²) in [5.74, 6) is 0. The summed E-state index contributed by atoms with van der Waals surface area (Å²) < 4.78 is 9.59. The van der Waals surface area contributed by atoms with Gasteiger partial charge in [0.25, 0.3) is 0 Å². The van der Waals surface area contributed by atoms with Crippen molar-refractivity contribution in [1.29, 1.82) is 0 Å². The molecule has 0 bridgehead atoms. The van der Waals surface area contributed by atoms with Crippen LogP contribution in [-0.4, -0.2) is 9.13 Å². The number of rotatable bonds is 2. The van der Waals surface area contributed by atoms with E-state index in [1.54, 1.807) is 0 Å². The van der Waals surface area contributed by atoms with Gasteiger partial charge in [-0.1, -0.05) is 68.3 Å². The van der Waals surface area contributed by atoms with E-state index in [2.05, 4.69) is 162 Å². The molecule has 0 aliphatic rings. The molecule has 2 nitrogen and oxygen atoms in total. The van der Waals surface area contributed by atoms with Crippen LogP contribution in [-0.2, 0) is 0 Å². The molecule has 6 aromatic carbocycles. The highest BCUT2D eigenvalue weighted by Crippen LogP contribution is 2.40. The van der Waals surface area contributed by atoms with Crippen LogP contribution in [0.1, 0.15) is 0 Å². The Kier molecular flexibility index (Phi) is 5.10. The maximum atomic E-state index is 3.68. The van der Waals surface area contributed by atoms with Crippen molar-refractivity contribution < 1.29 is 0 Å². The van der Waals surface area contributed by atoms with E-state index in [-0.39, 0.29) is 0 Å². The fraction of sp³-hybridized carbons (Fsp3) is 0. The van der Waals surface area contributed by atoms with E-state index >= 15 is 0 Å². The molecule has 9 aromatic rings. The number of hydrogen-bond acceptors (Lipinski definition) is 1. The van der Waals surface area contributed by atoms with Gasteiger partial charge in [-0.2, -0.15) is 0 Å². The summed E-state index contributed by atoms with van der Waals surface area (Å²) in [5.41, 5.74) is 7.22. The van der Waals surface area contributed by atoms with Gasteiger partial charge in [0.05, 0.1) is 22.1 Å². The van der Waals surface area contributed by atoms with Gasteiger partial charge in [0.1, 0.15) is 0 Å². The van der Waals surface area contributed by atoms with Gasteiger partial charge in [-0.05, 0) is 84.9 Å². The molecule has 0 saturated carbocycles. The van der Waals surface area contributed by atoms with Crippen LogP contribution in [0.25, 0.3) is 75.2 Å². The lowest BCUT2D eigenvalue weighted by atomic mass is 10.1. The van der Waals surface area contributed by atoms with E-state index in [4.69, 9.17) is 0 Å². The van der Waals surface area contributed by atoms with Crippen molar-refractivity contribution >= 4 is 107 Å².